The summed E-state index contributed by atoms with van der Waals surface area (Å²) in [7, 11) is 0. The number of nitrogens with zero attached hydrogens (tertiary/aromatic N) is 1. The highest BCUT2D eigenvalue weighted by molar-refractivity contribution is 5.95. The van der Waals surface area contributed by atoms with Crippen molar-refractivity contribution in [1.82, 2.24) is 5.32 Å². The number of nitrogens with one attached hydrogen (secondary N) is 1. The quantitative estimate of drug-likeness (QED) is 0.612. The zero-order valence-corrected chi connectivity index (χ0v) is 15.8. The van der Waals surface area contributed by atoms with Gasteiger partial charge in [-0.2, -0.15) is 0 Å². The third-order valence-electron chi connectivity index (χ3n) is 5.45. The summed E-state index contributed by atoms with van der Waals surface area (Å²) in [5, 5.41) is 14.1. The predicted molar refractivity (Wildman–Crippen MR) is 103 cm³/mol. The topological polar surface area (TPSA) is 81.5 Å². The third-order valence-corrected chi connectivity index (χ3v) is 5.45. The number of ether oxygens (including phenoxy) is 1. The van der Waals surface area contributed by atoms with E-state index in [0.717, 1.165) is 24.2 Å². The zero-order valence-electron chi connectivity index (χ0n) is 15.8. The normalized spacial score (nSPS) is 17.5. The van der Waals surface area contributed by atoms with E-state index in [-0.39, 0.29) is 23.2 Å². The Labute approximate surface area is 158 Å². The van der Waals surface area contributed by atoms with E-state index in [4.69, 9.17) is 4.74 Å². The van der Waals surface area contributed by atoms with Gasteiger partial charge < -0.3 is 10.1 Å². The molecule has 142 valence electrons. The van der Waals surface area contributed by atoms with Crippen LogP contribution in [0.4, 0.5) is 5.69 Å². The Kier molecular flexibility index (Phi) is 5.17. The summed E-state index contributed by atoms with van der Waals surface area (Å²) in [6.07, 6.45) is 2.39. The molecule has 3 rings (SSSR count). The molecule has 0 spiro atoms. The standard InChI is InChI=1S/C21H24N2O4/c1-4-21(5-2)13-17(16-8-6-7-9-19(16)27-21)22-20(24)15-10-11-18(23(25)26)14(3)12-15/h6-12,17H,4-5,13H2,1-3H3,(H,22,24)/t17-/m1/s1. The van der Waals surface area contributed by atoms with Gasteiger partial charge in [0, 0.05) is 29.2 Å². The Balaban J connectivity index is 1.88. The molecule has 0 saturated heterocycles. The number of rotatable bonds is 5. The van der Waals surface area contributed by atoms with E-state index in [9.17, 15) is 14.9 Å². The molecule has 0 aliphatic carbocycles. The Morgan fingerprint density at radius 1 is 1.26 bits per heavy atom. The van der Waals surface area contributed by atoms with Crippen molar-refractivity contribution in [3.8, 4) is 5.75 Å². The molecule has 1 atom stereocenters. The first kappa shape index (κ1) is 18.9. The van der Waals surface area contributed by atoms with E-state index in [0.29, 0.717) is 17.5 Å². The minimum atomic E-state index is -0.442. The first-order chi connectivity index (χ1) is 12.9. The van der Waals surface area contributed by atoms with Crippen LogP contribution in [-0.2, 0) is 0 Å². The molecule has 1 aliphatic heterocycles. The van der Waals surface area contributed by atoms with Crippen LogP contribution in [-0.4, -0.2) is 16.4 Å². The van der Waals surface area contributed by atoms with Gasteiger partial charge in [-0.1, -0.05) is 32.0 Å². The summed E-state index contributed by atoms with van der Waals surface area (Å²) in [5.41, 5.74) is 1.55. The van der Waals surface area contributed by atoms with Crippen molar-refractivity contribution in [1.29, 1.82) is 0 Å². The van der Waals surface area contributed by atoms with Crippen molar-refractivity contribution < 1.29 is 14.5 Å². The summed E-state index contributed by atoms with van der Waals surface area (Å²) in [6, 6.07) is 12.0. The van der Waals surface area contributed by atoms with Crippen LogP contribution in [0.15, 0.2) is 42.5 Å². The Hall–Kier alpha value is -2.89. The number of hydrogen-bond acceptors (Lipinski definition) is 4. The van der Waals surface area contributed by atoms with Gasteiger partial charge in [0.25, 0.3) is 11.6 Å². The van der Waals surface area contributed by atoms with Crippen LogP contribution in [0, 0.1) is 17.0 Å². The van der Waals surface area contributed by atoms with E-state index in [2.05, 4.69) is 19.2 Å². The van der Waals surface area contributed by atoms with Gasteiger partial charge in [-0.25, -0.2) is 0 Å². The molecule has 0 bridgehead atoms. The average molecular weight is 368 g/mol. The molecule has 2 aromatic carbocycles. The number of para-hydroxylation sites is 1. The van der Waals surface area contributed by atoms with Gasteiger partial charge in [0.05, 0.1) is 11.0 Å². The smallest absolute Gasteiger partial charge is 0.272 e. The van der Waals surface area contributed by atoms with Crippen LogP contribution in [0.25, 0.3) is 0 Å². The molecule has 27 heavy (non-hydrogen) atoms. The molecule has 0 unspecified atom stereocenters. The lowest BCUT2D eigenvalue weighted by molar-refractivity contribution is -0.385. The molecule has 6 nitrogen and oxygen atoms in total. The van der Waals surface area contributed by atoms with Gasteiger partial charge in [-0.15, -0.1) is 0 Å². The monoisotopic (exact) mass is 368 g/mol. The van der Waals surface area contributed by atoms with Crippen molar-refractivity contribution >= 4 is 11.6 Å². The van der Waals surface area contributed by atoms with Gasteiger partial charge in [0.1, 0.15) is 11.4 Å². The summed E-state index contributed by atoms with van der Waals surface area (Å²) in [5.74, 6) is 0.563. The molecule has 1 amide bonds. The average Bonchev–Trinajstić information content (AvgIpc) is 2.67. The third kappa shape index (κ3) is 3.65. The highest BCUT2D eigenvalue weighted by Crippen LogP contribution is 2.42. The van der Waals surface area contributed by atoms with Gasteiger partial charge >= 0.3 is 0 Å². The first-order valence-corrected chi connectivity index (χ1v) is 9.23. The second-order valence-electron chi connectivity index (χ2n) is 7.02. The number of fused-ring (bicyclic) bond motifs is 1. The molecule has 1 aliphatic rings. The maximum atomic E-state index is 12.8. The molecule has 0 aromatic heterocycles. The number of amides is 1. The largest absolute Gasteiger partial charge is 0.487 e. The fourth-order valence-electron chi connectivity index (χ4n) is 3.67. The SMILES string of the molecule is CCC1(CC)C[C@@H](NC(=O)c2ccc([N+](=O)[O-])c(C)c2)c2ccccc2O1. The second kappa shape index (κ2) is 7.39. The van der Waals surface area contributed by atoms with Crippen LogP contribution >= 0.6 is 0 Å². The van der Waals surface area contributed by atoms with Gasteiger partial charge in [-0.3, -0.25) is 14.9 Å². The highest BCUT2D eigenvalue weighted by Gasteiger charge is 2.39. The molecule has 1 heterocycles. The summed E-state index contributed by atoms with van der Waals surface area (Å²) >= 11 is 0. The van der Waals surface area contributed by atoms with E-state index in [1.807, 2.05) is 24.3 Å². The maximum absolute atomic E-state index is 12.8. The van der Waals surface area contributed by atoms with E-state index < -0.39 is 4.92 Å². The van der Waals surface area contributed by atoms with Crippen molar-refractivity contribution in [3.63, 3.8) is 0 Å². The van der Waals surface area contributed by atoms with Crippen LogP contribution in [0.5, 0.6) is 5.75 Å². The summed E-state index contributed by atoms with van der Waals surface area (Å²) < 4.78 is 6.27. The number of hydrogen-bond donors (Lipinski definition) is 1. The van der Waals surface area contributed by atoms with Gasteiger partial charge in [0.15, 0.2) is 0 Å². The van der Waals surface area contributed by atoms with Crippen LogP contribution in [0.2, 0.25) is 0 Å². The molecule has 6 heteroatoms. The first-order valence-electron chi connectivity index (χ1n) is 9.23. The lowest BCUT2D eigenvalue weighted by Crippen LogP contribution is -2.44. The lowest BCUT2D eigenvalue weighted by Gasteiger charge is -2.41. The van der Waals surface area contributed by atoms with Crippen LogP contribution in [0.1, 0.15) is 60.6 Å². The Morgan fingerprint density at radius 2 is 1.96 bits per heavy atom. The molecular weight excluding hydrogens is 344 g/mol. The molecule has 0 fully saturated rings. The van der Waals surface area contributed by atoms with Gasteiger partial charge in [0.2, 0.25) is 0 Å². The van der Waals surface area contributed by atoms with Gasteiger partial charge in [-0.05, 0) is 38.0 Å². The number of nitro benzene ring substituents is 1. The fourth-order valence-corrected chi connectivity index (χ4v) is 3.67. The molecule has 0 radical (unpaired) electrons. The van der Waals surface area contributed by atoms with Crippen LogP contribution < -0.4 is 10.1 Å². The second-order valence-corrected chi connectivity index (χ2v) is 7.02. The van der Waals surface area contributed by atoms with Crippen molar-refractivity contribution in [2.75, 3.05) is 0 Å². The lowest BCUT2D eigenvalue weighted by atomic mass is 9.83. The van der Waals surface area contributed by atoms with E-state index in [1.165, 1.54) is 12.1 Å². The Bertz CT molecular complexity index is 874. The number of benzene rings is 2. The molecule has 0 saturated carbocycles. The predicted octanol–water partition coefficient (Wildman–Crippen LogP) is 4.72. The summed E-state index contributed by atoms with van der Waals surface area (Å²) in [6.45, 7) is 5.82. The maximum Gasteiger partial charge on any atom is 0.272 e. The van der Waals surface area contributed by atoms with E-state index in [1.54, 1.807) is 13.0 Å². The number of carbonyl (C=O) groups excluding carboxylic acids is 1. The minimum Gasteiger partial charge on any atom is -0.487 e. The zero-order chi connectivity index (χ0) is 19.6. The summed E-state index contributed by atoms with van der Waals surface area (Å²) in [4.78, 5) is 23.4. The molecule has 2 aromatic rings. The highest BCUT2D eigenvalue weighted by atomic mass is 16.6. The van der Waals surface area contributed by atoms with Crippen molar-refractivity contribution in [2.45, 2.75) is 51.7 Å². The minimum absolute atomic E-state index is 0.0129. The number of carbonyl (C=O) groups is 1. The molecular formula is C21H24N2O4. The van der Waals surface area contributed by atoms with Crippen molar-refractivity contribution in [2.24, 2.45) is 0 Å². The molecule has 1 N–H and O–H groups in total. The number of aryl methyl sites for hydroxylation is 1. The van der Waals surface area contributed by atoms with Crippen molar-refractivity contribution in [3.05, 3.63) is 69.3 Å². The number of nitro groups is 1. The fraction of sp³-hybridized carbons (Fsp3) is 0.381. The van der Waals surface area contributed by atoms with Crippen LogP contribution in [0.3, 0.4) is 0 Å². The Morgan fingerprint density at radius 3 is 2.59 bits per heavy atom. The van der Waals surface area contributed by atoms with E-state index >= 15 is 0 Å².